The number of benzene rings is 1. The lowest BCUT2D eigenvalue weighted by Crippen LogP contribution is -2.06. The van der Waals surface area contributed by atoms with E-state index < -0.39 is 11.1 Å². The Morgan fingerprint density at radius 1 is 1.12 bits per heavy atom. The number of hydrogen-bond acceptors (Lipinski definition) is 5. The monoisotopic (exact) mass is 262 g/mol. The van der Waals surface area contributed by atoms with Crippen LogP contribution in [0.3, 0.4) is 0 Å². The second kappa shape index (κ2) is 7.23. The largest absolute Gasteiger partial charge is 0.491 e. The summed E-state index contributed by atoms with van der Waals surface area (Å²) in [6.07, 6.45) is 0. The zero-order chi connectivity index (χ0) is 12.7. The summed E-state index contributed by atoms with van der Waals surface area (Å²) in [4.78, 5) is 0.0638. The molecule has 0 amide bonds. The SMILES string of the molecule is O=S(O)c1cc(OCCO)ccc1OCCO. The Bertz CT molecular complexity index is 381. The molecule has 0 heterocycles. The van der Waals surface area contributed by atoms with Gasteiger partial charge in [0, 0.05) is 6.07 Å². The normalized spacial score (nSPS) is 12.2. The second-order valence-corrected chi connectivity index (χ2v) is 3.94. The lowest BCUT2D eigenvalue weighted by atomic mass is 10.3. The highest BCUT2D eigenvalue weighted by molar-refractivity contribution is 7.79. The number of hydrogen-bond donors (Lipinski definition) is 3. The van der Waals surface area contributed by atoms with Crippen LogP contribution in [0, 0.1) is 0 Å². The van der Waals surface area contributed by atoms with Gasteiger partial charge in [-0.2, -0.15) is 0 Å². The molecule has 0 radical (unpaired) electrons. The first-order valence-corrected chi connectivity index (χ1v) is 6.02. The van der Waals surface area contributed by atoms with Crippen molar-refractivity contribution in [2.75, 3.05) is 26.4 Å². The lowest BCUT2D eigenvalue weighted by Gasteiger charge is -2.10. The number of aliphatic hydroxyl groups excluding tert-OH is 2. The highest BCUT2D eigenvalue weighted by atomic mass is 32.2. The smallest absolute Gasteiger partial charge is 0.190 e. The first-order chi connectivity index (χ1) is 8.19. The molecule has 17 heavy (non-hydrogen) atoms. The Balaban J connectivity index is 2.87. The first kappa shape index (κ1) is 13.9. The van der Waals surface area contributed by atoms with Crippen LogP contribution in [0.15, 0.2) is 23.1 Å². The van der Waals surface area contributed by atoms with Gasteiger partial charge in [0.25, 0.3) is 0 Å². The average Bonchev–Trinajstić information content (AvgIpc) is 2.34. The molecule has 1 unspecified atom stereocenters. The molecule has 96 valence electrons. The van der Waals surface area contributed by atoms with E-state index in [4.69, 9.17) is 24.2 Å². The molecule has 0 saturated heterocycles. The fraction of sp³-hybridized carbons (Fsp3) is 0.400. The van der Waals surface area contributed by atoms with Crippen molar-refractivity contribution >= 4 is 11.1 Å². The molecule has 0 fully saturated rings. The molecule has 0 aliphatic rings. The Kier molecular flexibility index (Phi) is 5.92. The minimum atomic E-state index is -2.21. The van der Waals surface area contributed by atoms with Gasteiger partial charge in [-0.05, 0) is 12.1 Å². The van der Waals surface area contributed by atoms with E-state index in [2.05, 4.69) is 0 Å². The fourth-order valence-electron chi connectivity index (χ4n) is 1.15. The summed E-state index contributed by atoms with van der Waals surface area (Å²) in [5, 5.41) is 17.2. The number of ether oxygens (including phenoxy) is 2. The van der Waals surface area contributed by atoms with Crippen LogP contribution in [0.1, 0.15) is 0 Å². The maximum absolute atomic E-state index is 11.1. The highest BCUT2D eigenvalue weighted by Crippen LogP contribution is 2.26. The summed E-state index contributed by atoms with van der Waals surface area (Å²) < 4.78 is 30.4. The van der Waals surface area contributed by atoms with Crippen molar-refractivity contribution in [2.24, 2.45) is 0 Å². The Hall–Kier alpha value is -1.15. The third kappa shape index (κ3) is 4.31. The molecule has 0 aromatic heterocycles. The fourth-order valence-corrected chi connectivity index (χ4v) is 1.67. The summed E-state index contributed by atoms with van der Waals surface area (Å²) in [5.41, 5.74) is 0. The molecule has 0 bridgehead atoms. The van der Waals surface area contributed by atoms with Gasteiger partial charge in [0.15, 0.2) is 11.1 Å². The van der Waals surface area contributed by atoms with Gasteiger partial charge < -0.3 is 24.2 Å². The van der Waals surface area contributed by atoms with Gasteiger partial charge in [-0.15, -0.1) is 0 Å². The summed E-state index contributed by atoms with van der Waals surface area (Å²) >= 11 is -2.21. The minimum Gasteiger partial charge on any atom is -0.491 e. The van der Waals surface area contributed by atoms with E-state index in [9.17, 15) is 4.21 Å². The maximum Gasteiger partial charge on any atom is 0.190 e. The molecule has 1 aromatic carbocycles. The second-order valence-electron chi connectivity index (χ2n) is 3.00. The molecule has 0 aliphatic heterocycles. The van der Waals surface area contributed by atoms with E-state index in [1.807, 2.05) is 0 Å². The van der Waals surface area contributed by atoms with Crippen LogP contribution in [0.25, 0.3) is 0 Å². The Morgan fingerprint density at radius 3 is 2.35 bits per heavy atom. The van der Waals surface area contributed by atoms with Gasteiger partial charge in [0.05, 0.1) is 13.2 Å². The molecule has 0 aliphatic carbocycles. The van der Waals surface area contributed by atoms with Gasteiger partial charge >= 0.3 is 0 Å². The highest BCUT2D eigenvalue weighted by Gasteiger charge is 2.11. The average molecular weight is 262 g/mol. The molecule has 1 aromatic rings. The summed E-state index contributed by atoms with van der Waals surface area (Å²) in [6, 6.07) is 4.39. The molecule has 1 rings (SSSR count). The first-order valence-electron chi connectivity index (χ1n) is 4.91. The van der Waals surface area contributed by atoms with E-state index in [0.29, 0.717) is 5.75 Å². The van der Waals surface area contributed by atoms with E-state index in [1.54, 1.807) is 6.07 Å². The van der Waals surface area contributed by atoms with Crippen LogP contribution >= 0.6 is 0 Å². The van der Waals surface area contributed by atoms with Gasteiger partial charge in [-0.25, -0.2) is 4.21 Å². The molecule has 1 atom stereocenters. The topological polar surface area (TPSA) is 96.2 Å². The van der Waals surface area contributed by atoms with E-state index in [1.165, 1.54) is 12.1 Å². The van der Waals surface area contributed by atoms with E-state index in [0.717, 1.165) is 0 Å². The lowest BCUT2D eigenvalue weighted by molar-refractivity contribution is 0.195. The Labute approximate surface area is 101 Å². The summed E-state index contributed by atoms with van der Waals surface area (Å²) in [5.74, 6) is 0.587. The maximum atomic E-state index is 11.1. The zero-order valence-electron chi connectivity index (χ0n) is 9.04. The number of rotatable bonds is 7. The van der Waals surface area contributed by atoms with Crippen LogP contribution in [-0.2, 0) is 11.1 Å². The molecule has 3 N–H and O–H groups in total. The van der Waals surface area contributed by atoms with Gasteiger partial charge in [-0.1, -0.05) is 0 Å². The molecule has 0 spiro atoms. The third-order valence-electron chi connectivity index (χ3n) is 1.81. The van der Waals surface area contributed by atoms with E-state index in [-0.39, 0.29) is 37.1 Å². The summed E-state index contributed by atoms with van der Waals surface area (Å²) in [7, 11) is 0. The number of aliphatic hydroxyl groups is 2. The molecule has 6 nitrogen and oxygen atoms in total. The molecule has 0 saturated carbocycles. The van der Waals surface area contributed by atoms with Crippen LogP contribution in [-0.4, -0.2) is 45.4 Å². The standard InChI is InChI=1S/C10H14O6S/c11-3-5-15-8-1-2-9(16-6-4-12)10(7-8)17(13)14/h1-2,7,11-12H,3-6H2,(H,13,14). The van der Waals surface area contributed by atoms with Crippen molar-refractivity contribution in [1.82, 2.24) is 0 Å². The van der Waals surface area contributed by atoms with Gasteiger partial charge in [0.1, 0.15) is 29.6 Å². The van der Waals surface area contributed by atoms with Crippen LogP contribution in [0.4, 0.5) is 0 Å². The summed E-state index contributed by atoms with van der Waals surface area (Å²) in [6.45, 7) is -0.171. The molecular formula is C10H14O6S. The van der Waals surface area contributed by atoms with Crippen molar-refractivity contribution in [3.63, 3.8) is 0 Å². The van der Waals surface area contributed by atoms with Crippen molar-refractivity contribution in [2.45, 2.75) is 4.90 Å². The van der Waals surface area contributed by atoms with Gasteiger partial charge in [-0.3, -0.25) is 0 Å². The minimum absolute atomic E-state index is 0.0427. The van der Waals surface area contributed by atoms with Gasteiger partial charge in [0.2, 0.25) is 0 Å². The van der Waals surface area contributed by atoms with Crippen molar-refractivity contribution in [3.8, 4) is 11.5 Å². The molecular weight excluding hydrogens is 248 g/mol. The van der Waals surface area contributed by atoms with Crippen LogP contribution < -0.4 is 9.47 Å². The van der Waals surface area contributed by atoms with Crippen molar-refractivity contribution in [3.05, 3.63) is 18.2 Å². The Morgan fingerprint density at radius 2 is 1.76 bits per heavy atom. The quantitative estimate of drug-likeness (QED) is 0.599. The predicted molar refractivity (Wildman–Crippen MR) is 60.6 cm³/mol. The zero-order valence-corrected chi connectivity index (χ0v) is 9.85. The van der Waals surface area contributed by atoms with Crippen molar-refractivity contribution in [1.29, 1.82) is 0 Å². The van der Waals surface area contributed by atoms with Crippen molar-refractivity contribution < 1.29 is 28.4 Å². The van der Waals surface area contributed by atoms with Crippen LogP contribution in [0.2, 0.25) is 0 Å². The third-order valence-corrected chi connectivity index (χ3v) is 2.51. The molecule has 7 heteroatoms. The van der Waals surface area contributed by atoms with Crippen LogP contribution in [0.5, 0.6) is 11.5 Å². The predicted octanol–water partition coefficient (Wildman–Crippen LogP) is 0.00940. The van der Waals surface area contributed by atoms with E-state index >= 15 is 0 Å².